The summed E-state index contributed by atoms with van der Waals surface area (Å²) in [7, 11) is 0. The van der Waals surface area contributed by atoms with Crippen molar-refractivity contribution in [2.75, 3.05) is 5.32 Å². The summed E-state index contributed by atoms with van der Waals surface area (Å²) in [4.78, 5) is 8.84. The van der Waals surface area contributed by atoms with E-state index in [4.69, 9.17) is 0 Å². The van der Waals surface area contributed by atoms with Crippen LogP contribution in [0.2, 0.25) is 0 Å². The molecule has 0 amide bonds. The van der Waals surface area contributed by atoms with Gasteiger partial charge in [0.15, 0.2) is 0 Å². The molecule has 1 N–H and O–H groups in total. The van der Waals surface area contributed by atoms with Gasteiger partial charge in [0.2, 0.25) is 0 Å². The van der Waals surface area contributed by atoms with Gasteiger partial charge < -0.3 is 5.32 Å². The molecule has 0 unspecified atom stereocenters. The van der Waals surface area contributed by atoms with E-state index in [1.165, 1.54) is 28.8 Å². The van der Waals surface area contributed by atoms with E-state index < -0.39 is 0 Å². The molecule has 0 atom stereocenters. The third kappa shape index (κ3) is 1.89. The lowest BCUT2D eigenvalue weighted by Crippen LogP contribution is -2.21. The van der Waals surface area contributed by atoms with Gasteiger partial charge in [0.1, 0.15) is 12.1 Å². The van der Waals surface area contributed by atoms with E-state index in [1.54, 1.807) is 6.33 Å². The molecule has 1 aromatic heterocycles. The quantitative estimate of drug-likeness (QED) is 0.891. The number of anilines is 1. The highest BCUT2D eigenvalue weighted by molar-refractivity contribution is 5.50. The fraction of sp³-hybridized carbons (Fsp3) is 0.375. The number of hydrogen-bond acceptors (Lipinski definition) is 3. The second-order valence-electron chi connectivity index (χ2n) is 5.52. The minimum Gasteiger partial charge on any atom is -0.366 e. The van der Waals surface area contributed by atoms with Crippen LogP contribution in [-0.2, 0) is 25.7 Å². The fourth-order valence-corrected chi connectivity index (χ4v) is 3.34. The van der Waals surface area contributed by atoms with Gasteiger partial charge in [0, 0.05) is 17.3 Å². The van der Waals surface area contributed by atoms with Crippen LogP contribution in [0, 0.1) is 0 Å². The molecule has 0 aliphatic heterocycles. The van der Waals surface area contributed by atoms with Crippen molar-refractivity contribution in [3.63, 3.8) is 0 Å². The zero-order valence-corrected chi connectivity index (χ0v) is 10.9. The zero-order valence-electron chi connectivity index (χ0n) is 10.9. The Bertz CT molecular complexity index is 596. The summed E-state index contributed by atoms with van der Waals surface area (Å²) in [5, 5.41) is 3.64. The van der Waals surface area contributed by atoms with Crippen molar-refractivity contribution in [1.82, 2.24) is 9.97 Å². The Balaban J connectivity index is 1.57. The molecule has 1 heterocycles. The van der Waals surface area contributed by atoms with Gasteiger partial charge in [-0.25, -0.2) is 9.97 Å². The second kappa shape index (κ2) is 4.34. The lowest BCUT2D eigenvalue weighted by Gasteiger charge is -2.15. The van der Waals surface area contributed by atoms with Gasteiger partial charge in [0.25, 0.3) is 0 Å². The third-order valence-corrected chi connectivity index (χ3v) is 4.27. The fourth-order valence-electron chi connectivity index (χ4n) is 3.34. The Morgan fingerprint density at radius 2 is 1.79 bits per heavy atom. The topological polar surface area (TPSA) is 37.8 Å². The summed E-state index contributed by atoms with van der Waals surface area (Å²) < 4.78 is 0. The molecule has 3 nitrogen and oxygen atoms in total. The van der Waals surface area contributed by atoms with E-state index in [2.05, 4.69) is 39.6 Å². The minimum absolute atomic E-state index is 0.483. The smallest absolute Gasteiger partial charge is 0.133 e. The predicted molar refractivity (Wildman–Crippen MR) is 75.3 cm³/mol. The van der Waals surface area contributed by atoms with Crippen LogP contribution in [-0.4, -0.2) is 16.0 Å². The first kappa shape index (κ1) is 11.0. The average molecular weight is 251 g/mol. The number of rotatable bonds is 2. The molecular formula is C16H17N3. The maximum atomic E-state index is 4.45. The van der Waals surface area contributed by atoms with Crippen molar-refractivity contribution < 1.29 is 0 Å². The van der Waals surface area contributed by atoms with Gasteiger partial charge in [-0.2, -0.15) is 0 Å². The number of benzene rings is 1. The average Bonchev–Trinajstić information content (AvgIpc) is 3.04. The minimum atomic E-state index is 0.483. The lowest BCUT2D eigenvalue weighted by atomic mass is 10.1. The molecule has 4 rings (SSSR count). The van der Waals surface area contributed by atoms with Crippen molar-refractivity contribution in [3.05, 3.63) is 53.0 Å². The highest BCUT2D eigenvalue weighted by Crippen LogP contribution is 2.28. The Kier molecular flexibility index (Phi) is 2.50. The molecule has 0 saturated heterocycles. The van der Waals surface area contributed by atoms with Crippen LogP contribution in [0.5, 0.6) is 0 Å². The Morgan fingerprint density at radius 1 is 1.00 bits per heavy atom. The molecule has 2 aliphatic rings. The largest absolute Gasteiger partial charge is 0.366 e. The standard InChI is InChI=1S/C16H17N3/c1-2-5-12-9-13(8-11(12)4-1)19-16-14-6-3-7-15(14)17-10-18-16/h1-2,4-5,10,13H,3,6-9H2,(H,17,18,19). The van der Waals surface area contributed by atoms with E-state index >= 15 is 0 Å². The Hall–Kier alpha value is -1.90. The molecule has 0 fully saturated rings. The second-order valence-corrected chi connectivity index (χ2v) is 5.52. The van der Waals surface area contributed by atoms with Crippen molar-refractivity contribution in [2.24, 2.45) is 0 Å². The van der Waals surface area contributed by atoms with E-state index in [0.29, 0.717) is 6.04 Å². The molecule has 1 aromatic carbocycles. The van der Waals surface area contributed by atoms with Crippen molar-refractivity contribution in [2.45, 2.75) is 38.1 Å². The van der Waals surface area contributed by atoms with E-state index in [9.17, 15) is 0 Å². The van der Waals surface area contributed by atoms with Crippen LogP contribution in [0.15, 0.2) is 30.6 Å². The summed E-state index contributed by atoms with van der Waals surface area (Å²) in [6.45, 7) is 0. The maximum absolute atomic E-state index is 4.45. The normalized spacial score (nSPS) is 17.3. The summed E-state index contributed by atoms with van der Waals surface area (Å²) in [5.41, 5.74) is 5.54. The van der Waals surface area contributed by atoms with Gasteiger partial charge in [-0.15, -0.1) is 0 Å². The molecule has 3 heteroatoms. The van der Waals surface area contributed by atoms with Crippen molar-refractivity contribution in [1.29, 1.82) is 0 Å². The molecule has 96 valence electrons. The van der Waals surface area contributed by atoms with E-state index in [-0.39, 0.29) is 0 Å². The van der Waals surface area contributed by atoms with Crippen LogP contribution in [0.4, 0.5) is 5.82 Å². The number of aromatic nitrogens is 2. The van der Waals surface area contributed by atoms with Crippen LogP contribution >= 0.6 is 0 Å². The van der Waals surface area contributed by atoms with E-state index in [0.717, 1.165) is 31.5 Å². The zero-order chi connectivity index (χ0) is 12.7. The highest BCUT2D eigenvalue weighted by atomic mass is 15.0. The molecule has 0 bridgehead atoms. The summed E-state index contributed by atoms with van der Waals surface area (Å²) in [5.74, 6) is 1.07. The van der Waals surface area contributed by atoms with Crippen LogP contribution < -0.4 is 5.32 Å². The molecule has 2 aromatic rings. The number of hydrogen-bond donors (Lipinski definition) is 1. The molecule has 0 radical (unpaired) electrons. The monoisotopic (exact) mass is 251 g/mol. The summed E-state index contributed by atoms with van der Waals surface area (Å²) >= 11 is 0. The first-order valence-electron chi connectivity index (χ1n) is 7.06. The van der Waals surface area contributed by atoms with Crippen LogP contribution in [0.1, 0.15) is 28.8 Å². The lowest BCUT2D eigenvalue weighted by molar-refractivity contribution is 0.764. The van der Waals surface area contributed by atoms with Gasteiger partial charge >= 0.3 is 0 Å². The predicted octanol–water partition coefficient (Wildman–Crippen LogP) is 2.54. The van der Waals surface area contributed by atoms with Crippen LogP contribution in [0.3, 0.4) is 0 Å². The van der Waals surface area contributed by atoms with Crippen molar-refractivity contribution in [3.8, 4) is 0 Å². The Labute approximate surface area is 113 Å². The summed E-state index contributed by atoms with van der Waals surface area (Å²) in [6, 6.07) is 9.22. The van der Waals surface area contributed by atoms with E-state index in [1.807, 2.05) is 0 Å². The van der Waals surface area contributed by atoms with Gasteiger partial charge in [-0.05, 0) is 43.2 Å². The molecule has 0 saturated carbocycles. The molecule has 2 aliphatic carbocycles. The van der Waals surface area contributed by atoms with Gasteiger partial charge in [-0.1, -0.05) is 24.3 Å². The number of aryl methyl sites for hydroxylation is 1. The first-order chi connectivity index (χ1) is 9.40. The number of nitrogens with one attached hydrogen (secondary N) is 1. The van der Waals surface area contributed by atoms with Crippen LogP contribution in [0.25, 0.3) is 0 Å². The SMILES string of the molecule is c1ccc2c(c1)CC(Nc1ncnc3c1CCC3)C2. The van der Waals surface area contributed by atoms with Crippen molar-refractivity contribution >= 4 is 5.82 Å². The first-order valence-corrected chi connectivity index (χ1v) is 7.06. The van der Waals surface area contributed by atoms with Gasteiger partial charge in [0.05, 0.1) is 0 Å². The maximum Gasteiger partial charge on any atom is 0.133 e. The molecule has 19 heavy (non-hydrogen) atoms. The summed E-state index contributed by atoms with van der Waals surface area (Å²) in [6.07, 6.45) is 7.36. The number of fused-ring (bicyclic) bond motifs is 2. The molecule has 0 spiro atoms. The Morgan fingerprint density at radius 3 is 2.58 bits per heavy atom. The van der Waals surface area contributed by atoms with Gasteiger partial charge in [-0.3, -0.25) is 0 Å². The number of nitrogens with zero attached hydrogens (tertiary/aromatic N) is 2. The highest BCUT2D eigenvalue weighted by Gasteiger charge is 2.23. The molecular weight excluding hydrogens is 234 g/mol. The third-order valence-electron chi connectivity index (χ3n) is 4.27.